The zero-order valence-electron chi connectivity index (χ0n) is 9.56. The number of rotatable bonds is 1. The van der Waals surface area contributed by atoms with Gasteiger partial charge in [0.25, 0.3) is 5.56 Å². The van der Waals surface area contributed by atoms with Crippen molar-refractivity contribution in [1.82, 2.24) is 14.3 Å². The standard InChI is InChI=1S/C11H14N4O.CH4/c1-7-8(2)14(3)13-10(7)15-6-4-5-9(12)11(15)16;/h4-6H,12H2,1-3H3;1H4. The molecule has 0 aliphatic rings. The molecule has 2 aromatic rings. The van der Waals surface area contributed by atoms with Gasteiger partial charge in [0.1, 0.15) is 0 Å². The van der Waals surface area contributed by atoms with Crippen LogP contribution in [0.2, 0.25) is 0 Å². The second kappa shape index (κ2) is 4.45. The predicted molar refractivity (Wildman–Crippen MR) is 69.4 cm³/mol. The Morgan fingerprint density at radius 1 is 1.35 bits per heavy atom. The number of aryl methyl sites for hydroxylation is 1. The smallest absolute Gasteiger partial charge is 0.279 e. The summed E-state index contributed by atoms with van der Waals surface area (Å²) in [5.74, 6) is 0.636. The average Bonchev–Trinajstić information content (AvgIpc) is 2.50. The Balaban J connectivity index is 0.00000144. The molecule has 0 aromatic carbocycles. The van der Waals surface area contributed by atoms with Gasteiger partial charge in [0.05, 0.1) is 5.69 Å². The monoisotopic (exact) mass is 234 g/mol. The first-order chi connectivity index (χ1) is 7.52. The highest BCUT2D eigenvalue weighted by Crippen LogP contribution is 2.14. The SMILES string of the molecule is C.Cc1c(-n2cccc(N)c2=O)nn(C)c1C. The molecule has 5 heteroatoms. The first-order valence-corrected chi connectivity index (χ1v) is 5.00. The van der Waals surface area contributed by atoms with Gasteiger partial charge in [-0.05, 0) is 26.0 Å². The molecule has 92 valence electrons. The van der Waals surface area contributed by atoms with Gasteiger partial charge in [-0.3, -0.25) is 14.0 Å². The van der Waals surface area contributed by atoms with Crippen molar-refractivity contribution in [3.63, 3.8) is 0 Å². The normalized spacial score (nSPS) is 10.1. The van der Waals surface area contributed by atoms with Crippen molar-refractivity contribution in [1.29, 1.82) is 0 Å². The quantitative estimate of drug-likeness (QED) is 0.811. The number of aromatic nitrogens is 3. The van der Waals surface area contributed by atoms with Crippen LogP contribution in [0, 0.1) is 13.8 Å². The molecule has 2 aromatic heterocycles. The van der Waals surface area contributed by atoms with E-state index in [0.717, 1.165) is 11.3 Å². The van der Waals surface area contributed by atoms with Gasteiger partial charge < -0.3 is 5.73 Å². The lowest BCUT2D eigenvalue weighted by molar-refractivity contribution is 0.724. The molecule has 0 bridgehead atoms. The molecule has 0 saturated heterocycles. The largest absolute Gasteiger partial charge is 0.394 e. The second-order valence-electron chi connectivity index (χ2n) is 3.80. The predicted octanol–water partition coefficient (Wildman–Crippen LogP) is 1.41. The summed E-state index contributed by atoms with van der Waals surface area (Å²) in [6.07, 6.45) is 1.67. The maximum Gasteiger partial charge on any atom is 0.279 e. The van der Waals surface area contributed by atoms with Crippen LogP contribution in [0.5, 0.6) is 0 Å². The molecule has 17 heavy (non-hydrogen) atoms. The van der Waals surface area contributed by atoms with E-state index in [1.165, 1.54) is 4.57 Å². The summed E-state index contributed by atoms with van der Waals surface area (Å²) in [5.41, 5.74) is 7.59. The summed E-state index contributed by atoms with van der Waals surface area (Å²) in [6.45, 7) is 3.90. The van der Waals surface area contributed by atoms with Gasteiger partial charge in [0.2, 0.25) is 0 Å². The molecule has 0 atom stereocenters. The van der Waals surface area contributed by atoms with E-state index in [2.05, 4.69) is 5.10 Å². The van der Waals surface area contributed by atoms with Crippen LogP contribution in [0.3, 0.4) is 0 Å². The van der Waals surface area contributed by atoms with Crippen molar-refractivity contribution in [2.75, 3.05) is 5.73 Å². The van der Waals surface area contributed by atoms with Crippen molar-refractivity contribution < 1.29 is 0 Å². The molecular formula is C12H18N4O. The van der Waals surface area contributed by atoms with E-state index < -0.39 is 0 Å². The molecule has 0 saturated carbocycles. The van der Waals surface area contributed by atoms with E-state index in [4.69, 9.17) is 5.73 Å². The van der Waals surface area contributed by atoms with Gasteiger partial charge in [-0.1, -0.05) is 7.43 Å². The van der Waals surface area contributed by atoms with Gasteiger partial charge in [0, 0.05) is 24.5 Å². The van der Waals surface area contributed by atoms with Crippen LogP contribution in [-0.2, 0) is 7.05 Å². The number of anilines is 1. The molecule has 0 amide bonds. The number of nitrogens with two attached hydrogens (primary N) is 1. The van der Waals surface area contributed by atoms with Crippen molar-refractivity contribution in [2.24, 2.45) is 7.05 Å². The van der Waals surface area contributed by atoms with E-state index in [-0.39, 0.29) is 18.7 Å². The fraction of sp³-hybridized carbons (Fsp3) is 0.333. The molecule has 2 rings (SSSR count). The minimum absolute atomic E-state index is 0. The Kier molecular flexibility index (Phi) is 3.41. The third-order valence-corrected chi connectivity index (χ3v) is 2.81. The van der Waals surface area contributed by atoms with Gasteiger partial charge in [-0.15, -0.1) is 0 Å². The van der Waals surface area contributed by atoms with E-state index in [0.29, 0.717) is 5.82 Å². The summed E-state index contributed by atoms with van der Waals surface area (Å²) in [5, 5.41) is 4.31. The highest BCUT2D eigenvalue weighted by Gasteiger charge is 2.12. The van der Waals surface area contributed by atoms with Crippen molar-refractivity contribution in [3.8, 4) is 5.82 Å². The van der Waals surface area contributed by atoms with Crippen molar-refractivity contribution in [3.05, 3.63) is 39.9 Å². The molecule has 2 heterocycles. The molecule has 0 radical (unpaired) electrons. The van der Waals surface area contributed by atoms with Gasteiger partial charge in [0.15, 0.2) is 5.82 Å². The van der Waals surface area contributed by atoms with Crippen LogP contribution < -0.4 is 11.3 Å². The Labute approximate surface area is 100 Å². The molecule has 5 nitrogen and oxygen atoms in total. The van der Waals surface area contributed by atoms with Crippen LogP contribution in [0.1, 0.15) is 18.7 Å². The summed E-state index contributed by atoms with van der Waals surface area (Å²) >= 11 is 0. The van der Waals surface area contributed by atoms with Crippen molar-refractivity contribution in [2.45, 2.75) is 21.3 Å². The zero-order valence-corrected chi connectivity index (χ0v) is 9.56. The highest BCUT2D eigenvalue weighted by atomic mass is 16.1. The number of nitrogens with zero attached hydrogens (tertiary/aromatic N) is 3. The van der Waals surface area contributed by atoms with Gasteiger partial charge in [-0.25, -0.2) is 0 Å². The third kappa shape index (κ3) is 1.95. The van der Waals surface area contributed by atoms with Gasteiger partial charge in [-0.2, -0.15) is 5.10 Å². The highest BCUT2D eigenvalue weighted by molar-refractivity contribution is 5.41. The van der Waals surface area contributed by atoms with Crippen LogP contribution >= 0.6 is 0 Å². The Morgan fingerprint density at radius 3 is 2.53 bits per heavy atom. The molecule has 2 N–H and O–H groups in total. The Morgan fingerprint density at radius 2 is 2.00 bits per heavy atom. The molecule has 0 fully saturated rings. The number of nitrogen functional groups attached to an aromatic ring is 1. The average molecular weight is 234 g/mol. The molecule has 0 aliphatic heterocycles. The van der Waals surface area contributed by atoms with Crippen molar-refractivity contribution >= 4 is 5.69 Å². The number of hydrogen-bond acceptors (Lipinski definition) is 3. The maximum atomic E-state index is 11.8. The molecular weight excluding hydrogens is 216 g/mol. The first-order valence-electron chi connectivity index (χ1n) is 5.00. The lowest BCUT2D eigenvalue weighted by Crippen LogP contribution is -2.21. The summed E-state index contributed by atoms with van der Waals surface area (Å²) in [6, 6.07) is 3.32. The summed E-state index contributed by atoms with van der Waals surface area (Å²) in [7, 11) is 1.85. The maximum absolute atomic E-state index is 11.8. The minimum atomic E-state index is -0.233. The molecule has 0 aliphatic carbocycles. The van der Waals surface area contributed by atoms with E-state index in [1.54, 1.807) is 23.0 Å². The first kappa shape index (κ1) is 13.0. The van der Waals surface area contributed by atoms with Crippen LogP contribution in [0.25, 0.3) is 5.82 Å². The fourth-order valence-electron chi connectivity index (χ4n) is 1.60. The lowest BCUT2D eigenvalue weighted by atomic mass is 10.2. The van der Waals surface area contributed by atoms with Crippen LogP contribution in [0.4, 0.5) is 5.69 Å². The van der Waals surface area contributed by atoms with E-state index in [9.17, 15) is 4.79 Å². The molecule has 0 spiro atoms. The van der Waals surface area contributed by atoms with Crippen LogP contribution in [0.15, 0.2) is 23.1 Å². The number of hydrogen-bond donors (Lipinski definition) is 1. The number of pyridine rings is 1. The fourth-order valence-corrected chi connectivity index (χ4v) is 1.60. The molecule has 0 unspecified atom stereocenters. The Hall–Kier alpha value is -2.04. The lowest BCUT2D eigenvalue weighted by Gasteiger charge is -2.03. The Bertz CT molecular complexity index is 595. The summed E-state index contributed by atoms with van der Waals surface area (Å²) in [4.78, 5) is 11.8. The van der Waals surface area contributed by atoms with E-state index >= 15 is 0 Å². The van der Waals surface area contributed by atoms with Gasteiger partial charge >= 0.3 is 0 Å². The minimum Gasteiger partial charge on any atom is -0.394 e. The third-order valence-electron chi connectivity index (χ3n) is 2.81. The topological polar surface area (TPSA) is 65.8 Å². The second-order valence-corrected chi connectivity index (χ2v) is 3.80. The summed E-state index contributed by atoms with van der Waals surface area (Å²) < 4.78 is 3.22. The van der Waals surface area contributed by atoms with E-state index in [1.807, 2.05) is 20.9 Å². The zero-order chi connectivity index (χ0) is 11.9. The van der Waals surface area contributed by atoms with Crippen LogP contribution in [-0.4, -0.2) is 14.3 Å².